The molecule has 4 heteroatoms. The maximum absolute atomic E-state index is 11.1. The van der Waals surface area contributed by atoms with E-state index in [1.165, 1.54) is 0 Å². The first-order valence-electron chi connectivity index (χ1n) is 5.70. The molecular weight excluding hydrogens is 216 g/mol. The standard InChI is InChI=1S/C13H20N2O2/c1-10-4-5-12(16)11(8-10)9-15(3)7-6-13(17)14-2/h4-5,8,16H,6-7,9H2,1-3H3,(H,14,17). The summed E-state index contributed by atoms with van der Waals surface area (Å²) in [5.41, 5.74) is 2.02. The lowest BCUT2D eigenvalue weighted by Gasteiger charge is -2.17. The van der Waals surface area contributed by atoms with Gasteiger partial charge in [0.2, 0.25) is 5.91 Å². The highest BCUT2D eigenvalue weighted by Gasteiger charge is 2.07. The van der Waals surface area contributed by atoms with Crippen molar-refractivity contribution < 1.29 is 9.90 Å². The number of nitrogens with zero attached hydrogens (tertiary/aromatic N) is 1. The highest BCUT2D eigenvalue weighted by Crippen LogP contribution is 2.19. The van der Waals surface area contributed by atoms with E-state index in [1.54, 1.807) is 13.1 Å². The van der Waals surface area contributed by atoms with Crippen molar-refractivity contribution in [2.75, 3.05) is 20.6 Å². The van der Waals surface area contributed by atoms with Crippen LogP contribution in [0.5, 0.6) is 5.75 Å². The Labute approximate surface area is 102 Å². The van der Waals surface area contributed by atoms with Crippen molar-refractivity contribution in [1.29, 1.82) is 0 Å². The highest BCUT2D eigenvalue weighted by atomic mass is 16.3. The second kappa shape index (κ2) is 6.25. The Bertz CT molecular complexity index is 391. The molecule has 1 aromatic carbocycles. The number of benzene rings is 1. The van der Waals surface area contributed by atoms with Gasteiger partial charge in [0.25, 0.3) is 0 Å². The number of carbonyl (C=O) groups excluding carboxylic acids is 1. The molecule has 0 aliphatic carbocycles. The zero-order chi connectivity index (χ0) is 12.8. The van der Waals surface area contributed by atoms with Crippen molar-refractivity contribution in [2.45, 2.75) is 19.9 Å². The molecule has 0 radical (unpaired) electrons. The van der Waals surface area contributed by atoms with Gasteiger partial charge in [0.1, 0.15) is 5.75 Å². The van der Waals surface area contributed by atoms with E-state index in [0.717, 1.165) is 11.1 Å². The summed E-state index contributed by atoms with van der Waals surface area (Å²) >= 11 is 0. The smallest absolute Gasteiger partial charge is 0.221 e. The van der Waals surface area contributed by atoms with Crippen LogP contribution in [0.4, 0.5) is 0 Å². The Balaban J connectivity index is 2.52. The molecule has 0 aliphatic rings. The highest BCUT2D eigenvalue weighted by molar-refractivity contribution is 5.75. The molecule has 17 heavy (non-hydrogen) atoms. The lowest BCUT2D eigenvalue weighted by atomic mass is 10.1. The molecule has 0 atom stereocenters. The van der Waals surface area contributed by atoms with Crippen molar-refractivity contribution in [3.63, 3.8) is 0 Å². The van der Waals surface area contributed by atoms with E-state index in [9.17, 15) is 9.90 Å². The molecule has 94 valence electrons. The van der Waals surface area contributed by atoms with Crippen LogP contribution in [0.2, 0.25) is 0 Å². The quantitative estimate of drug-likeness (QED) is 0.809. The molecule has 0 saturated heterocycles. The molecule has 2 N–H and O–H groups in total. The monoisotopic (exact) mass is 236 g/mol. The van der Waals surface area contributed by atoms with Crippen LogP contribution in [-0.4, -0.2) is 36.6 Å². The summed E-state index contributed by atoms with van der Waals surface area (Å²) in [6.07, 6.45) is 0.472. The van der Waals surface area contributed by atoms with Gasteiger partial charge in [-0.3, -0.25) is 4.79 Å². The third kappa shape index (κ3) is 4.44. The van der Waals surface area contributed by atoms with Gasteiger partial charge in [-0.15, -0.1) is 0 Å². The lowest BCUT2D eigenvalue weighted by Crippen LogP contribution is -2.26. The molecule has 0 aromatic heterocycles. The summed E-state index contributed by atoms with van der Waals surface area (Å²) in [5, 5.41) is 12.3. The molecule has 0 unspecified atom stereocenters. The Hall–Kier alpha value is -1.55. The minimum Gasteiger partial charge on any atom is -0.508 e. The van der Waals surface area contributed by atoms with Crippen LogP contribution in [0.3, 0.4) is 0 Å². The molecule has 1 rings (SSSR count). The van der Waals surface area contributed by atoms with Crippen LogP contribution in [0.15, 0.2) is 18.2 Å². The van der Waals surface area contributed by atoms with E-state index in [-0.39, 0.29) is 5.91 Å². The van der Waals surface area contributed by atoms with Gasteiger partial charge in [-0.2, -0.15) is 0 Å². The topological polar surface area (TPSA) is 52.6 Å². The van der Waals surface area contributed by atoms with Crippen LogP contribution in [0, 0.1) is 6.92 Å². The third-order valence-corrected chi connectivity index (χ3v) is 2.67. The van der Waals surface area contributed by atoms with Crippen LogP contribution < -0.4 is 5.32 Å². The number of amides is 1. The molecule has 0 heterocycles. The summed E-state index contributed by atoms with van der Waals surface area (Å²) in [7, 11) is 3.57. The summed E-state index contributed by atoms with van der Waals surface area (Å²) in [5.74, 6) is 0.340. The Morgan fingerprint density at radius 3 is 2.82 bits per heavy atom. The lowest BCUT2D eigenvalue weighted by molar-refractivity contribution is -0.120. The molecule has 0 fully saturated rings. The summed E-state index contributed by atoms with van der Waals surface area (Å²) in [6.45, 7) is 3.31. The number of rotatable bonds is 5. The maximum atomic E-state index is 11.1. The number of aromatic hydroxyl groups is 1. The number of carbonyl (C=O) groups is 1. The summed E-state index contributed by atoms with van der Waals surface area (Å²) in [6, 6.07) is 5.55. The zero-order valence-corrected chi connectivity index (χ0v) is 10.7. The van der Waals surface area contributed by atoms with Gasteiger partial charge in [-0.25, -0.2) is 0 Å². The number of phenolic OH excluding ortho intramolecular Hbond substituents is 1. The van der Waals surface area contributed by atoms with Crippen molar-refractivity contribution >= 4 is 5.91 Å². The number of phenols is 1. The van der Waals surface area contributed by atoms with Crippen molar-refractivity contribution in [3.8, 4) is 5.75 Å². The predicted molar refractivity (Wildman–Crippen MR) is 67.9 cm³/mol. The van der Waals surface area contributed by atoms with Gasteiger partial charge in [0.15, 0.2) is 0 Å². The molecule has 0 saturated carbocycles. The number of hydrogen-bond acceptors (Lipinski definition) is 3. The fourth-order valence-corrected chi connectivity index (χ4v) is 1.63. The minimum absolute atomic E-state index is 0.0327. The second-order valence-electron chi connectivity index (χ2n) is 4.29. The van der Waals surface area contributed by atoms with E-state index in [1.807, 2.05) is 31.0 Å². The predicted octanol–water partition coefficient (Wildman–Crippen LogP) is 1.27. The maximum Gasteiger partial charge on any atom is 0.221 e. The molecule has 4 nitrogen and oxygen atoms in total. The van der Waals surface area contributed by atoms with E-state index in [0.29, 0.717) is 25.3 Å². The number of hydrogen-bond donors (Lipinski definition) is 2. The van der Waals surface area contributed by atoms with Crippen molar-refractivity contribution in [1.82, 2.24) is 10.2 Å². The van der Waals surface area contributed by atoms with Gasteiger partial charge in [-0.05, 0) is 20.0 Å². The Kier molecular flexibility index (Phi) is 4.97. The van der Waals surface area contributed by atoms with Gasteiger partial charge < -0.3 is 15.3 Å². The fourth-order valence-electron chi connectivity index (χ4n) is 1.63. The largest absolute Gasteiger partial charge is 0.508 e. The van der Waals surface area contributed by atoms with Crippen molar-refractivity contribution in [2.24, 2.45) is 0 Å². The number of nitrogens with one attached hydrogen (secondary N) is 1. The first kappa shape index (κ1) is 13.5. The Morgan fingerprint density at radius 1 is 1.47 bits per heavy atom. The second-order valence-corrected chi connectivity index (χ2v) is 4.29. The van der Waals surface area contributed by atoms with E-state index >= 15 is 0 Å². The van der Waals surface area contributed by atoms with Crippen LogP contribution >= 0.6 is 0 Å². The first-order valence-corrected chi connectivity index (χ1v) is 5.70. The van der Waals surface area contributed by atoms with E-state index in [4.69, 9.17) is 0 Å². The van der Waals surface area contributed by atoms with Crippen LogP contribution in [0.25, 0.3) is 0 Å². The zero-order valence-electron chi connectivity index (χ0n) is 10.7. The molecule has 0 aliphatic heterocycles. The third-order valence-electron chi connectivity index (χ3n) is 2.67. The SMILES string of the molecule is CNC(=O)CCN(C)Cc1cc(C)ccc1O. The molecule has 0 spiro atoms. The molecular formula is C13H20N2O2. The van der Waals surface area contributed by atoms with Crippen molar-refractivity contribution in [3.05, 3.63) is 29.3 Å². The normalized spacial score (nSPS) is 10.6. The average molecular weight is 236 g/mol. The molecule has 0 bridgehead atoms. The fraction of sp³-hybridized carbons (Fsp3) is 0.462. The van der Waals surface area contributed by atoms with E-state index < -0.39 is 0 Å². The Morgan fingerprint density at radius 2 is 2.18 bits per heavy atom. The van der Waals surface area contributed by atoms with E-state index in [2.05, 4.69) is 5.32 Å². The molecule has 1 amide bonds. The van der Waals surface area contributed by atoms with Crippen LogP contribution in [-0.2, 0) is 11.3 Å². The summed E-state index contributed by atoms with van der Waals surface area (Å²) < 4.78 is 0. The van der Waals surface area contributed by atoms with Gasteiger partial charge in [0, 0.05) is 32.1 Å². The minimum atomic E-state index is 0.0327. The number of aryl methyl sites for hydroxylation is 1. The van der Waals surface area contributed by atoms with Gasteiger partial charge in [0.05, 0.1) is 0 Å². The average Bonchev–Trinajstić information content (AvgIpc) is 2.30. The first-order chi connectivity index (χ1) is 8.02. The van der Waals surface area contributed by atoms with Gasteiger partial charge >= 0.3 is 0 Å². The van der Waals surface area contributed by atoms with Gasteiger partial charge in [-0.1, -0.05) is 17.7 Å². The summed E-state index contributed by atoms with van der Waals surface area (Å²) in [4.78, 5) is 13.1. The molecule has 1 aromatic rings. The van der Waals surface area contributed by atoms with Crippen LogP contribution in [0.1, 0.15) is 17.5 Å².